The Bertz CT molecular complexity index is 742. The highest BCUT2D eigenvalue weighted by Gasteiger charge is 2.77. The third-order valence-corrected chi connectivity index (χ3v) is 12.0. The highest BCUT2D eigenvalue weighted by Crippen LogP contribution is 2.77. The third kappa shape index (κ3) is 2.36. The smallest absolute Gasteiger partial charge is 0.174 e. The molecule has 7 atom stereocenters. The molecule has 6 rings (SSSR count). The summed E-state index contributed by atoms with van der Waals surface area (Å²) >= 11 is 0. The van der Waals surface area contributed by atoms with Gasteiger partial charge in [0.15, 0.2) is 11.6 Å². The van der Waals surface area contributed by atoms with Crippen molar-refractivity contribution in [1.82, 2.24) is 0 Å². The first-order valence-electron chi connectivity index (χ1n) is 13.0. The van der Waals surface area contributed by atoms with Crippen molar-refractivity contribution < 1.29 is 24.1 Å². The quantitative estimate of drug-likeness (QED) is 0.651. The van der Waals surface area contributed by atoms with E-state index in [0.717, 1.165) is 58.2 Å². The largest absolute Gasteiger partial charge is 0.389 e. The molecular weight excluding hydrogens is 392 g/mol. The van der Waals surface area contributed by atoms with Gasteiger partial charge in [0, 0.05) is 30.1 Å². The van der Waals surface area contributed by atoms with Crippen LogP contribution in [0, 0.1) is 34.0 Å². The molecule has 7 unspecified atom stereocenters. The van der Waals surface area contributed by atoms with Gasteiger partial charge in [-0.05, 0) is 61.7 Å². The standard InChI is InChI=1S/C26H42O5/c1-5-24(27)17-22(3)19(8-9-26(22)30-14-15-31-26)20-7-6-18-16-25(28-12-13-29-25)11-10-21(18,2)23(20,24)4/h18-20,27H,5-17H2,1-4H3. The molecule has 4 aliphatic carbocycles. The lowest BCUT2D eigenvalue weighted by Crippen LogP contribution is -2.72. The van der Waals surface area contributed by atoms with Gasteiger partial charge < -0.3 is 24.1 Å². The van der Waals surface area contributed by atoms with E-state index in [0.29, 0.717) is 31.0 Å². The molecule has 5 nitrogen and oxygen atoms in total. The van der Waals surface area contributed by atoms with Gasteiger partial charge in [-0.3, -0.25) is 0 Å². The van der Waals surface area contributed by atoms with Crippen LogP contribution in [0.25, 0.3) is 0 Å². The van der Waals surface area contributed by atoms with Gasteiger partial charge in [-0.1, -0.05) is 27.7 Å². The molecule has 2 saturated heterocycles. The average Bonchev–Trinajstić information content (AvgIpc) is 3.47. The SMILES string of the molecule is CCC1(O)CC2(C)C(CCC23OCCO3)C2CCC3CC4(CCC3(C)C21C)OCCO4. The minimum atomic E-state index is -0.717. The van der Waals surface area contributed by atoms with Gasteiger partial charge >= 0.3 is 0 Å². The first-order valence-corrected chi connectivity index (χ1v) is 13.0. The zero-order valence-corrected chi connectivity index (χ0v) is 20.0. The summed E-state index contributed by atoms with van der Waals surface area (Å²) in [5.74, 6) is 0.753. The van der Waals surface area contributed by atoms with Crippen LogP contribution in [-0.4, -0.2) is 48.7 Å². The van der Waals surface area contributed by atoms with Gasteiger partial charge in [0.25, 0.3) is 0 Å². The molecule has 0 aromatic heterocycles. The lowest BCUT2D eigenvalue weighted by Gasteiger charge is -2.72. The van der Waals surface area contributed by atoms with Crippen LogP contribution < -0.4 is 0 Å². The molecule has 0 radical (unpaired) electrons. The number of aliphatic hydroxyl groups is 1. The highest BCUT2D eigenvalue weighted by atomic mass is 16.7. The highest BCUT2D eigenvalue weighted by molar-refractivity contribution is 5.24. The normalized spacial score (nSPS) is 54.7. The first-order chi connectivity index (χ1) is 14.7. The predicted molar refractivity (Wildman–Crippen MR) is 116 cm³/mol. The van der Waals surface area contributed by atoms with Crippen molar-refractivity contribution in [3.05, 3.63) is 0 Å². The molecule has 0 aromatic carbocycles. The van der Waals surface area contributed by atoms with E-state index in [1.165, 1.54) is 12.8 Å². The fourth-order valence-electron chi connectivity index (χ4n) is 10.1. The Morgan fingerprint density at radius 2 is 1.45 bits per heavy atom. The maximum absolute atomic E-state index is 12.6. The second-order valence-electron chi connectivity index (χ2n) is 12.4. The van der Waals surface area contributed by atoms with Crippen molar-refractivity contribution in [2.75, 3.05) is 26.4 Å². The Labute approximate surface area is 187 Å². The predicted octanol–water partition coefficient (Wildman–Crippen LogP) is 4.66. The topological polar surface area (TPSA) is 57.2 Å². The van der Waals surface area contributed by atoms with Crippen LogP contribution in [0.3, 0.4) is 0 Å². The number of rotatable bonds is 1. The number of ether oxygens (including phenoxy) is 4. The summed E-state index contributed by atoms with van der Waals surface area (Å²) in [5, 5.41) is 12.6. The molecule has 0 bridgehead atoms. The van der Waals surface area contributed by atoms with Crippen molar-refractivity contribution >= 4 is 0 Å². The van der Waals surface area contributed by atoms with E-state index in [4.69, 9.17) is 18.9 Å². The molecule has 0 amide bonds. The van der Waals surface area contributed by atoms with Crippen LogP contribution in [0.4, 0.5) is 0 Å². The van der Waals surface area contributed by atoms with Gasteiger partial charge in [0.05, 0.1) is 32.0 Å². The minimum Gasteiger partial charge on any atom is -0.389 e. The van der Waals surface area contributed by atoms with E-state index in [2.05, 4.69) is 27.7 Å². The Kier molecular flexibility index (Phi) is 4.46. The monoisotopic (exact) mass is 434 g/mol. The lowest BCUT2D eigenvalue weighted by molar-refractivity contribution is -0.329. The first kappa shape index (κ1) is 21.3. The minimum absolute atomic E-state index is 0.0930. The third-order valence-electron chi connectivity index (χ3n) is 12.0. The van der Waals surface area contributed by atoms with E-state index in [9.17, 15) is 5.11 Å². The summed E-state index contributed by atoms with van der Waals surface area (Å²) in [5.41, 5.74) is -0.859. The molecule has 31 heavy (non-hydrogen) atoms. The second kappa shape index (κ2) is 6.47. The Morgan fingerprint density at radius 3 is 2.13 bits per heavy atom. The van der Waals surface area contributed by atoms with Gasteiger partial charge in [0.1, 0.15) is 0 Å². The van der Waals surface area contributed by atoms with Crippen LogP contribution in [0.1, 0.15) is 85.5 Å². The number of hydrogen-bond acceptors (Lipinski definition) is 5. The van der Waals surface area contributed by atoms with E-state index in [1.54, 1.807) is 0 Å². The van der Waals surface area contributed by atoms with E-state index >= 15 is 0 Å². The average molecular weight is 435 g/mol. The molecule has 0 aromatic rings. The molecule has 2 spiro atoms. The maximum Gasteiger partial charge on any atom is 0.174 e. The number of hydrogen-bond donors (Lipinski definition) is 1. The maximum atomic E-state index is 12.6. The van der Waals surface area contributed by atoms with Crippen LogP contribution in [0.5, 0.6) is 0 Å². The fourth-order valence-corrected chi connectivity index (χ4v) is 10.1. The van der Waals surface area contributed by atoms with Gasteiger partial charge in [-0.2, -0.15) is 0 Å². The summed E-state index contributed by atoms with van der Waals surface area (Å²) in [6.07, 6.45) is 9.14. The molecule has 2 heterocycles. The van der Waals surface area contributed by atoms with Crippen LogP contribution in [0.2, 0.25) is 0 Å². The summed E-state index contributed by atoms with van der Waals surface area (Å²) < 4.78 is 25.0. The molecule has 6 aliphatic rings. The second-order valence-corrected chi connectivity index (χ2v) is 12.4. The van der Waals surface area contributed by atoms with Crippen molar-refractivity contribution in [3.8, 4) is 0 Å². The molecule has 2 aliphatic heterocycles. The van der Waals surface area contributed by atoms with E-state index in [-0.39, 0.29) is 22.0 Å². The molecule has 6 fully saturated rings. The Hall–Kier alpha value is -0.200. The summed E-state index contributed by atoms with van der Waals surface area (Å²) in [7, 11) is 0. The van der Waals surface area contributed by atoms with Crippen LogP contribution in [-0.2, 0) is 18.9 Å². The summed E-state index contributed by atoms with van der Waals surface area (Å²) in [6.45, 7) is 12.4. The van der Waals surface area contributed by atoms with Crippen LogP contribution in [0.15, 0.2) is 0 Å². The van der Waals surface area contributed by atoms with Crippen molar-refractivity contribution in [2.45, 2.75) is 103 Å². The van der Waals surface area contributed by atoms with E-state index in [1.807, 2.05) is 0 Å². The molecular formula is C26H42O5. The van der Waals surface area contributed by atoms with Crippen LogP contribution >= 0.6 is 0 Å². The number of fused-ring (bicyclic) bond motifs is 6. The molecule has 5 heteroatoms. The van der Waals surface area contributed by atoms with Gasteiger partial charge in [-0.25, -0.2) is 0 Å². The Balaban J connectivity index is 1.42. The van der Waals surface area contributed by atoms with Gasteiger partial charge in [-0.15, -0.1) is 0 Å². The zero-order valence-electron chi connectivity index (χ0n) is 20.0. The molecule has 1 N–H and O–H groups in total. The van der Waals surface area contributed by atoms with Crippen molar-refractivity contribution in [3.63, 3.8) is 0 Å². The van der Waals surface area contributed by atoms with E-state index < -0.39 is 11.4 Å². The zero-order chi connectivity index (χ0) is 21.8. The lowest BCUT2D eigenvalue weighted by atomic mass is 9.34. The fraction of sp³-hybridized carbons (Fsp3) is 1.00. The molecule has 4 saturated carbocycles. The molecule has 176 valence electrons. The summed E-state index contributed by atoms with van der Waals surface area (Å²) in [4.78, 5) is 0. The van der Waals surface area contributed by atoms with Gasteiger partial charge in [0.2, 0.25) is 0 Å². The van der Waals surface area contributed by atoms with Crippen molar-refractivity contribution in [1.29, 1.82) is 0 Å². The Morgan fingerprint density at radius 1 is 0.774 bits per heavy atom. The summed E-state index contributed by atoms with van der Waals surface area (Å²) in [6, 6.07) is 0. The van der Waals surface area contributed by atoms with Crippen molar-refractivity contribution in [2.24, 2.45) is 34.0 Å².